The summed E-state index contributed by atoms with van der Waals surface area (Å²) in [6.45, 7) is 5.27. The van der Waals surface area contributed by atoms with Crippen LogP contribution in [0.5, 0.6) is 0 Å². The van der Waals surface area contributed by atoms with Crippen LogP contribution in [0.4, 0.5) is 0 Å². The number of pyridine rings is 1. The minimum atomic E-state index is -0.664. The average molecular weight is 345 g/mol. The Morgan fingerprint density at radius 1 is 1.32 bits per heavy atom. The molecule has 25 heavy (non-hydrogen) atoms. The number of carbonyl (C=O) groups is 2. The van der Waals surface area contributed by atoms with Gasteiger partial charge < -0.3 is 19.1 Å². The maximum absolute atomic E-state index is 13.0. The van der Waals surface area contributed by atoms with Crippen LogP contribution in [0.1, 0.15) is 37.0 Å². The molecular formula is C18H23N3O4. The van der Waals surface area contributed by atoms with Crippen LogP contribution in [0.25, 0.3) is 0 Å². The van der Waals surface area contributed by atoms with Gasteiger partial charge in [-0.3, -0.25) is 14.4 Å². The molecule has 3 fully saturated rings. The second kappa shape index (κ2) is 5.42. The van der Waals surface area contributed by atoms with Crippen LogP contribution in [-0.2, 0) is 16.6 Å². The molecule has 2 amide bonds. The molecule has 134 valence electrons. The van der Waals surface area contributed by atoms with Gasteiger partial charge in [-0.2, -0.15) is 0 Å². The highest BCUT2D eigenvalue weighted by Gasteiger charge is 2.65. The van der Waals surface area contributed by atoms with Crippen molar-refractivity contribution in [3.05, 3.63) is 34.2 Å². The monoisotopic (exact) mass is 345 g/mol. The van der Waals surface area contributed by atoms with E-state index >= 15 is 0 Å². The quantitative estimate of drug-likeness (QED) is 0.786. The summed E-state index contributed by atoms with van der Waals surface area (Å²) < 4.78 is 7.54. The fourth-order valence-electron chi connectivity index (χ4n) is 4.50. The van der Waals surface area contributed by atoms with Crippen LogP contribution in [0.3, 0.4) is 0 Å². The number of hydrogen-bond donors (Lipinski definition) is 0. The summed E-state index contributed by atoms with van der Waals surface area (Å²) in [4.78, 5) is 40.8. The zero-order valence-electron chi connectivity index (χ0n) is 14.8. The lowest BCUT2D eigenvalue weighted by Crippen LogP contribution is -2.51. The summed E-state index contributed by atoms with van der Waals surface area (Å²) in [6.07, 6.45) is 2.50. The molecule has 0 unspecified atom stereocenters. The smallest absolute Gasteiger partial charge is 0.255 e. The first-order chi connectivity index (χ1) is 11.8. The number of likely N-dealkylation sites (tertiary alicyclic amines) is 1. The van der Waals surface area contributed by atoms with Crippen molar-refractivity contribution in [2.45, 2.75) is 44.5 Å². The van der Waals surface area contributed by atoms with E-state index in [-0.39, 0.29) is 29.5 Å². The Hall–Kier alpha value is -2.15. The lowest BCUT2D eigenvalue weighted by molar-refractivity contribution is -0.139. The van der Waals surface area contributed by atoms with Gasteiger partial charge in [-0.25, -0.2) is 0 Å². The molecular weight excluding hydrogens is 322 g/mol. The second-order valence-electron chi connectivity index (χ2n) is 7.57. The lowest BCUT2D eigenvalue weighted by atomic mass is 10.0. The van der Waals surface area contributed by atoms with Gasteiger partial charge in [0.25, 0.3) is 5.91 Å². The molecule has 1 aromatic heterocycles. The Balaban J connectivity index is 1.65. The molecule has 0 N–H and O–H groups in total. The van der Waals surface area contributed by atoms with Gasteiger partial charge in [0.1, 0.15) is 0 Å². The van der Waals surface area contributed by atoms with Gasteiger partial charge in [-0.05, 0) is 12.0 Å². The number of aryl methyl sites for hydroxylation is 1. The normalized spacial score (nSPS) is 31.0. The molecule has 0 bridgehead atoms. The first-order valence-electron chi connectivity index (χ1n) is 8.79. The van der Waals surface area contributed by atoms with Crippen molar-refractivity contribution in [1.82, 2.24) is 14.4 Å². The standard InChI is InChI=1S/C18H23N3O4/c1-11(2)13-10-25-18-6-7-20(14(18)8-16(23)21(13)18)17(24)12-4-5-15(22)19(3)9-12/h4-5,9,11,13-14H,6-8,10H2,1-3H3/t13-,14+,18-/m0/s1. The minimum Gasteiger partial charge on any atom is -0.351 e. The Morgan fingerprint density at radius 2 is 2.08 bits per heavy atom. The number of ether oxygens (including phenoxy) is 1. The van der Waals surface area contributed by atoms with Crippen LogP contribution >= 0.6 is 0 Å². The number of rotatable bonds is 2. The molecule has 1 spiro atoms. The molecule has 0 saturated carbocycles. The number of hydrogen-bond acceptors (Lipinski definition) is 4. The largest absolute Gasteiger partial charge is 0.351 e. The SMILES string of the molecule is CC(C)[C@@H]1CO[C@@]23CCN(C(=O)c4ccc(=O)n(C)c4)[C@@H]2CC(=O)N13. The van der Waals surface area contributed by atoms with Crippen LogP contribution in [0, 0.1) is 5.92 Å². The van der Waals surface area contributed by atoms with Gasteiger partial charge in [0, 0.05) is 32.3 Å². The van der Waals surface area contributed by atoms with E-state index in [1.165, 1.54) is 10.6 Å². The number of nitrogens with zero attached hydrogens (tertiary/aromatic N) is 3. The Labute approximate surface area is 146 Å². The van der Waals surface area contributed by atoms with E-state index in [0.717, 1.165) is 0 Å². The van der Waals surface area contributed by atoms with Crippen molar-refractivity contribution < 1.29 is 14.3 Å². The van der Waals surface area contributed by atoms with Gasteiger partial charge >= 0.3 is 0 Å². The highest BCUT2D eigenvalue weighted by atomic mass is 16.5. The van der Waals surface area contributed by atoms with Gasteiger partial charge in [-0.15, -0.1) is 0 Å². The molecule has 3 aliphatic rings. The second-order valence-corrected chi connectivity index (χ2v) is 7.57. The number of aromatic nitrogens is 1. The Kier molecular flexibility index (Phi) is 3.54. The lowest BCUT2D eigenvalue weighted by Gasteiger charge is -2.34. The van der Waals surface area contributed by atoms with Crippen molar-refractivity contribution in [1.29, 1.82) is 0 Å². The highest BCUT2D eigenvalue weighted by Crippen LogP contribution is 2.49. The molecule has 3 saturated heterocycles. The van der Waals surface area contributed by atoms with Gasteiger partial charge in [-0.1, -0.05) is 13.8 Å². The molecule has 0 radical (unpaired) electrons. The minimum absolute atomic E-state index is 0.0687. The van der Waals surface area contributed by atoms with Crippen molar-refractivity contribution in [2.75, 3.05) is 13.2 Å². The van der Waals surface area contributed by atoms with Gasteiger partial charge in [0.05, 0.1) is 30.7 Å². The predicted octanol–water partition coefficient (Wildman–Crippen LogP) is 0.583. The van der Waals surface area contributed by atoms with Crippen LogP contribution in [0.15, 0.2) is 23.1 Å². The summed E-state index contributed by atoms with van der Waals surface area (Å²) in [5.74, 6) is 0.235. The molecule has 3 atom stereocenters. The topological polar surface area (TPSA) is 71.8 Å². The Morgan fingerprint density at radius 3 is 2.76 bits per heavy atom. The van der Waals surface area contributed by atoms with Gasteiger partial charge in [0.2, 0.25) is 11.5 Å². The molecule has 7 heteroatoms. The van der Waals surface area contributed by atoms with E-state index in [9.17, 15) is 14.4 Å². The molecule has 0 aliphatic carbocycles. The highest BCUT2D eigenvalue weighted by molar-refractivity contribution is 5.95. The molecule has 7 nitrogen and oxygen atoms in total. The van der Waals surface area contributed by atoms with Crippen molar-refractivity contribution in [2.24, 2.45) is 13.0 Å². The van der Waals surface area contributed by atoms with E-state index in [1.807, 2.05) is 4.90 Å². The number of amides is 2. The molecule has 0 aromatic carbocycles. The maximum Gasteiger partial charge on any atom is 0.255 e. The summed E-state index contributed by atoms with van der Waals surface area (Å²) >= 11 is 0. The van der Waals surface area contributed by atoms with E-state index in [4.69, 9.17) is 4.74 Å². The fourth-order valence-corrected chi connectivity index (χ4v) is 4.50. The van der Waals surface area contributed by atoms with Crippen LogP contribution in [0.2, 0.25) is 0 Å². The third-order valence-corrected chi connectivity index (χ3v) is 5.85. The zero-order chi connectivity index (χ0) is 17.9. The summed E-state index contributed by atoms with van der Waals surface area (Å²) in [5, 5.41) is 0. The Bertz CT molecular complexity index is 802. The van der Waals surface area contributed by atoms with Crippen molar-refractivity contribution >= 4 is 11.8 Å². The zero-order valence-corrected chi connectivity index (χ0v) is 14.8. The third-order valence-electron chi connectivity index (χ3n) is 5.85. The summed E-state index contributed by atoms with van der Waals surface area (Å²) in [6, 6.07) is 2.77. The van der Waals surface area contributed by atoms with E-state index < -0.39 is 5.72 Å². The fraction of sp³-hybridized carbons (Fsp3) is 0.611. The van der Waals surface area contributed by atoms with Crippen molar-refractivity contribution in [3.63, 3.8) is 0 Å². The van der Waals surface area contributed by atoms with E-state index in [2.05, 4.69) is 13.8 Å². The van der Waals surface area contributed by atoms with E-state index in [1.54, 1.807) is 24.2 Å². The van der Waals surface area contributed by atoms with E-state index in [0.29, 0.717) is 37.5 Å². The summed E-state index contributed by atoms with van der Waals surface area (Å²) in [7, 11) is 1.62. The van der Waals surface area contributed by atoms with Crippen LogP contribution < -0.4 is 5.56 Å². The van der Waals surface area contributed by atoms with Crippen molar-refractivity contribution in [3.8, 4) is 0 Å². The summed E-state index contributed by atoms with van der Waals surface area (Å²) in [5.41, 5.74) is -0.360. The third kappa shape index (κ3) is 2.18. The first kappa shape index (κ1) is 16.3. The number of carbonyl (C=O) groups excluding carboxylic acids is 2. The van der Waals surface area contributed by atoms with Gasteiger partial charge in [0.15, 0.2) is 5.72 Å². The van der Waals surface area contributed by atoms with Crippen LogP contribution in [-0.4, -0.2) is 57.1 Å². The molecule has 3 aliphatic heterocycles. The first-order valence-corrected chi connectivity index (χ1v) is 8.79. The predicted molar refractivity (Wildman–Crippen MR) is 89.9 cm³/mol. The average Bonchev–Trinajstić information content (AvgIpc) is 3.19. The molecule has 4 rings (SSSR count). The molecule has 4 heterocycles. The maximum atomic E-state index is 13.0. The molecule has 1 aromatic rings.